The number of unbranched alkanes of at least 4 members (excludes halogenated alkanes) is 4. The van der Waals surface area contributed by atoms with E-state index in [1.54, 1.807) is 89.6 Å². The second-order valence-corrected chi connectivity index (χ2v) is 24.2. The fourth-order valence-electron chi connectivity index (χ4n) is 6.67. The summed E-state index contributed by atoms with van der Waals surface area (Å²) in [5.74, 6) is -1.89. The van der Waals surface area contributed by atoms with Crippen LogP contribution < -0.4 is 22.1 Å². The second kappa shape index (κ2) is 29.6. The smallest absolute Gasteiger partial charge is 0.407 e. The molecule has 0 spiro atoms. The average Bonchev–Trinajstić information content (AvgIpc) is 4.11. The molecule has 2 aliphatic heterocycles. The van der Waals surface area contributed by atoms with E-state index in [1.807, 2.05) is 0 Å². The van der Waals surface area contributed by atoms with Crippen LogP contribution in [0.5, 0.6) is 0 Å². The van der Waals surface area contributed by atoms with Crippen LogP contribution >= 0.6 is 43.2 Å². The van der Waals surface area contributed by atoms with Crippen molar-refractivity contribution in [2.45, 2.75) is 171 Å². The third-order valence-corrected chi connectivity index (χ3v) is 14.5. The molecule has 0 saturated carbocycles. The number of rotatable bonds is 34. The van der Waals surface area contributed by atoms with Gasteiger partial charge in [0.1, 0.15) is 11.2 Å². The van der Waals surface area contributed by atoms with Crippen molar-refractivity contribution >= 4 is 90.6 Å². The number of carbonyl (C=O) groups is 8. The number of primary amides is 2. The maximum absolute atomic E-state index is 13.6. The highest BCUT2D eigenvalue weighted by atomic mass is 33.2. The Morgan fingerprint density at radius 1 is 0.524 bits per heavy atom. The lowest BCUT2D eigenvalue weighted by atomic mass is 9.97. The molecule has 16 nitrogen and oxygen atoms in total. The highest BCUT2D eigenvalue weighted by Crippen LogP contribution is 2.57. The molecular weight excluding hydrogens is 889 g/mol. The Hall–Kier alpha value is -2.84. The van der Waals surface area contributed by atoms with Gasteiger partial charge in [-0.15, -0.1) is 0 Å². The first kappa shape index (κ1) is 56.3. The van der Waals surface area contributed by atoms with Crippen molar-refractivity contribution in [3.05, 3.63) is 0 Å². The van der Waals surface area contributed by atoms with Crippen LogP contribution in [0.3, 0.4) is 0 Å². The summed E-state index contributed by atoms with van der Waals surface area (Å²) in [6.45, 7) is 11.3. The number of ketones is 2. The van der Waals surface area contributed by atoms with E-state index in [1.165, 1.54) is 4.90 Å². The molecule has 2 saturated heterocycles. The number of Topliss-reactive ketones (excluding diaryl/α,β-unsaturated/α-hetero) is 2. The molecule has 2 rings (SSSR count). The molecule has 6 amide bonds. The van der Waals surface area contributed by atoms with Crippen molar-refractivity contribution in [3.8, 4) is 0 Å². The standard InChI is InChI=1S/C43H74N6O10S4/c1-42(2,3)58-40(56)46-22-14-24-48(25-15-23-47-41(57)59-43(4,5)6)34(52)20-13-21-35(53)49(28-32(50)18-11-7-9-16-30(38(44)54)26-36-60-61-36)29-33(51)19-12-8-10-17-31(39(45)55)27-37-62-63-37/h30-31,36-37H,7-29H2,1-6H3,(H2,44,54)(H2,45,55)(H,46,56)(H,47,57)/t30-,31-/m1/s1. The van der Waals surface area contributed by atoms with Crippen LogP contribution in [-0.2, 0) is 38.2 Å². The van der Waals surface area contributed by atoms with Gasteiger partial charge >= 0.3 is 12.2 Å². The quantitative estimate of drug-likeness (QED) is 0.0286. The highest BCUT2D eigenvalue weighted by Gasteiger charge is 2.31. The largest absolute Gasteiger partial charge is 0.444 e. The van der Waals surface area contributed by atoms with Gasteiger partial charge in [0, 0.05) is 63.7 Å². The molecular formula is C43H74N6O10S4. The molecule has 2 atom stereocenters. The van der Waals surface area contributed by atoms with E-state index in [9.17, 15) is 38.4 Å². The van der Waals surface area contributed by atoms with Crippen LogP contribution in [-0.4, -0.2) is 117 Å². The fourth-order valence-corrected chi connectivity index (χ4v) is 9.48. The van der Waals surface area contributed by atoms with Crippen molar-refractivity contribution in [2.24, 2.45) is 23.3 Å². The zero-order valence-electron chi connectivity index (χ0n) is 38.3. The Labute approximate surface area is 390 Å². The maximum atomic E-state index is 13.6. The van der Waals surface area contributed by atoms with Gasteiger partial charge in [0.05, 0.1) is 22.3 Å². The number of nitrogens with two attached hydrogens (primary N) is 2. The third-order valence-electron chi connectivity index (χ3n) is 10.0. The lowest BCUT2D eigenvalue weighted by Gasteiger charge is -2.25. The van der Waals surface area contributed by atoms with E-state index in [4.69, 9.17) is 20.9 Å². The van der Waals surface area contributed by atoms with Crippen LogP contribution in [0.4, 0.5) is 9.59 Å². The summed E-state index contributed by atoms with van der Waals surface area (Å²) >= 11 is 0. The lowest BCUT2D eigenvalue weighted by molar-refractivity contribution is -0.139. The lowest BCUT2D eigenvalue weighted by Crippen LogP contribution is -2.40. The minimum absolute atomic E-state index is 0.0370. The molecule has 2 aliphatic rings. The van der Waals surface area contributed by atoms with E-state index in [0.717, 1.165) is 38.5 Å². The SMILES string of the molecule is CC(C)(C)OC(=O)NCCCN(CCCNC(=O)OC(C)(C)C)C(=O)CCCC(=O)N(CC(=O)CCCCC[C@H](CC1SS1)C(N)=O)CC(=O)CCCCC[C@H](CC1SS1)C(N)=O. The Morgan fingerprint density at radius 2 is 0.905 bits per heavy atom. The van der Waals surface area contributed by atoms with Gasteiger partial charge < -0.3 is 41.4 Å². The van der Waals surface area contributed by atoms with Crippen molar-refractivity contribution in [1.82, 2.24) is 20.4 Å². The van der Waals surface area contributed by atoms with Gasteiger partial charge in [-0.3, -0.25) is 28.8 Å². The molecule has 0 unspecified atom stereocenters. The number of hydrogen-bond donors (Lipinski definition) is 4. The van der Waals surface area contributed by atoms with Crippen molar-refractivity contribution in [1.29, 1.82) is 0 Å². The summed E-state index contributed by atoms with van der Waals surface area (Å²) in [6, 6.07) is 0. The highest BCUT2D eigenvalue weighted by molar-refractivity contribution is 8.93. The van der Waals surface area contributed by atoms with Crippen LogP contribution in [0.25, 0.3) is 0 Å². The predicted octanol–water partition coefficient (Wildman–Crippen LogP) is 7.11. The van der Waals surface area contributed by atoms with E-state index in [2.05, 4.69) is 10.6 Å². The van der Waals surface area contributed by atoms with E-state index in [-0.39, 0.29) is 105 Å². The molecule has 6 N–H and O–H groups in total. The van der Waals surface area contributed by atoms with Crippen molar-refractivity contribution in [3.63, 3.8) is 0 Å². The minimum atomic E-state index is -0.654. The molecule has 2 heterocycles. The number of nitrogens with one attached hydrogen (secondary N) is 2. The summed E-state index contributed by atoms with van der Waals surface area (Å²) in [5, 5.41) is 5.39. The van der Waals surface area contributed by atoms with E-state index >= 15 is 0 Å². The van der Waals surface area contributed by atoms with Gasteiger partial charge in [-0.1, -0.05) is 68.9 Å². The first-order valence-corrected chi connectivity index (χ1v) is 26.9. The molecule has 0 bridgehead atoms. The minimum Gasteiger partial charge on any atom is -0.444 e. The molecule has 0 aliphatic carbocycles. The number of ether oxygens (including phenoxy) is 2. The van der Waals surface area contributed by atoms with E-state index in [0.29, 0.717) is 60.8 Å². The first-order chi connectivity index (χ1) is 29.6. The first-order valence-electron chi connectivity index (χ1n) is 22.4. The van der Waals surface area contributed by atoms with Gasteiger partial charge in [-0.2, -0.15) is 0 Å². The van der Waals surface area contributed by atoms with Gasteiger partial charge in [0.15, 0.2) is 11.6 Å². The molecule has 360 valence electrons. The number of hydrogen-bond acceptors (Lipinski definition) is 14. The Bertz CT molecular complexity index is 1410. The third kappa shape index (κ3) is 29.3. The molecule has 0 aromatic carbocycles. The zero-order chi connectivity index (χ0) is 47.0. The second-order valence-electron chi connectivity index (χ2n) is 18.2. The molecule has 0 radical (unpaired) electrons. The topological polar surface area (TPSA) is 238 Å². The van der Waals surface area contributed by atoms with Crippen LogP contribution in [0.1, 0.15) is 151 Å². The van der Waals surface area contributed by atoms with Crippen LogP contribution in [0.15, 0.2) is 0 Å². The number of nitrogens with zero attached hydrogens (tertiary/aromatic N) is 2. The Kier molecular flexibility index (Phi) is 26.5. The normalized spacial score (nSPS) is 14.8. The van der Waals surface area contributed by atoms with Crippen LogP contribution in [0.2, 0.25) is 0 Å². The monoisotopic (exact) mass is 962 g/mol. The molecule has 63 heavy (non-hydrogen) atoms. The summed E-state index contributed by atoms with van der Waals surface area (Å²) in [7, 11) is 6.98. The number of alkyl carbamates (subject to hydrolysis) is 2. The molecule has 2 fully saturated rings. The van der Waals surface area contributed by atoms with Gasteiger partial charge in [0.2, 0.25) is 23.6 Å². The van der Waals surface area contributed by atoms with E-state index < -0.39 is 23.4 Å². The zero-order valence-corrected chi connectivity index (χ0v) is 41.6. The summed E-state index contributed by atoms with van der Waals surface area (Å²) in [4.78, 5) is 104. The maximum Gasteiger partial charge on any atom is 0.407 e. The van der Waals surface area contributed by atoms with Gasteiger partial charge in [0.25, 0.3) is 0 Å². The molecule has 20 heteroatoms. The summed E-state index contributed by atoms with van der Waals surface area (Å²) in [5.41, 5.74) is 9.89. The molecule has 0 aromatic rings. The number of amides is 6. The van der Waals surface area contributed by atoms with Gasteiger partial charge in [-0.05, 0) is 99.3 Å². The van der Waals surface area contributed by atoms with Crippen molar-refractivity contribution in [2.75, 3.05) is 39.3 Å². The Morgan fingerprint density at radius 3 is 1.25 bits per heavy atom. The summed E-state index contributed by atoms with van der Waals surface area (Å²) < 4.78 is 11.4. The fraction of sp³-hybridized carbons (Fsp3) is 0.814. The average molecular weight is 963 g/mol. The molecule has 0 aromatic heterocycles. The predicted molar refractivity (Wildman–Crippen MR) is 253 cm³/mol. The van der Waals surface area contributed by atoms with Crippen molar-refractivity contribution < 1.29 is 47.8 Å². The number of carbonyl (C=O) groups excluding carboxylic acids is 8. The summed E-state index contributed by atoms with van der Waals surface area (Å²) in [6.07, 6.45) is 7.40. The van der Waals surface area contributed by atoms with Gasteiger partial charge in [-0.25, -0.2) is 9.59 Å². The Balaban J connectivity index is 1.96. The van der Waals surface area contributed by atoms with Crippen LogP contribution in [0, 0.1) is 11.8 Å².